The second-order valence-electron chi connectivity index (χ2n) is 3.54. The summed E-state index contributed by atoms with van der Waals surface area (Å²) in [5.74, 6) is 0. The minimum atomic E-state index is 0.262. The van der Waals surface area contributed by atoms with Crippen molar-refractivity contribution in [1.82, 2.24) is 10.3 Å². The Morgan fingerprint density at radius 3 is 2.23 bits per heavy atom. The fourth-order valence-corrected chi connectivity index (χ4v) is 1.94. The highest BCUT2D eigenvalue weighted by Crippen LogP contribution is 2.24. The molecule has 0 saturated carbocycles. The van der Waals surface area contributed by atoms with Gasteiger partial charge in [-0.3, -0.25) is 0 Å². The number of aromatic nitrogens is 2. The Labute approximate surface area is 74.7 Å². The van der Waals surface area contributed by atoms with Gasteiger partial charge in [0, 0.05) is 6.04 Å². The minimum Gasteiger partial charge on any atom is -0.327 e. The van der Waals surface area contributed by atoms with Crippen molar-refractivity contribution >= 4 is 11.0 Å². The van der Waals surface area contributed by atoms with Crippen molar-refractivity contribution in [1.29, 1.82) is 0 Å². The molecule has 1 aliphatic rings. The topological polar surface area (TPSA) is 64.9 Å². The Morgan fingerprint density at radius 1 is 1.15 bits per heavy atom. The van der Waals surface area contributed by atoms with E-state index in [1.807, 2.05) is 12.1 Å². The van der Waals surface area contributed by atoms with Crippen molar-refractivity contribution in [2.24, 2.45) is 5.73 Å². The largest absolute Gasteiger partial charge is 0.327 e. The molecule has 2 N–H and O–H groups in total. The molecule has 1 aromatic heterocycles. The summed E-state index contributed by atoms with van der Waals surface area (Å²) in [6.07, 6.45) is 1.89. The van der Waals surface area contributed by atoms with E-state index in [2.05, 4.69) is 14.9 Å². The van der Waals surface area contributed by atoms with Crippen molar-refractivity contribution in [3.63, 3.8) is 0 Å². The second kappa shape index (κ2) is 2.29. The van der Waals surface area contributed by atoms with Crippen LogP contribution < -0.4 is 5.73 Å². The minimum absolute atomic E-state index is 0.262. The normalized spacial score (nSPS) is 16.7. The molecule has 66 valence electrons. The molecule has 13 heavy (non-hydrogen) atoms. The smallest absolute Gasteiger partial charge is 0.135 e. The lowest BCUT2D eigenvalue weighted by molar-refractivity contribution is 0.315. The van der Waals surface area contributed by atoms with Gasteiger partial charge < -0.3 is 5.73 Å². The fourth-order valence-electron chi connectivity index (χ4n) is 1.94. The van der Waals surface area contributed by atoms with Crippen molar-refractivity contribution in [2.45, 2.75) is 18.9 Å². The summed E-state index contributed by atoms with van der Waals surface area (Å²) >= 11 is 0. The Balaban J connectivity index is 2.27. The number of rotatable bonds is 0. The SMILES string of the molecule is NC1Cc2cc3nonc3cc2C1. The van der Waals surface area contributed by atoms with Gasteiger partial charge in [-0.1, -0.05) is 0 Å². The third-order valence-electron chi connectivity index (χ3n) is 2.54. The van der Waals surface area contributed by atoms with Crippen LogP contribution >= 0.6 is 0 Å². The lowest BCUT2D eigenvalue weighted by Crippen LogP contribution is -2.18. The molecule has 0 spiro atoms. The van der Waals surface area contributed by atoms with E-state index in [1.165, 1.54) is 11.1 Å². The summed E-state index contributed by atoms with van der Waals surface area (Å²) in [5, 5.41) is 7.59. The molecule has 0 bridgehead atoms. The van der Waals surface area contributed by atoms with Crippen LogP contribution in [0.1, 0.15) is 11.1 Å². The molecule has 2 aromatic rings. The van der Waals surface area contributed by atoms with Crippen LogP contribution in [0, 0.1) is 0 Å². The van der Waals surface area contributed by atoms with Crippen molar-refractivity contribution < 1.29 is 4.63 Å². The van der Waals surface area contributed by atoms with Gasteiger partial charge in [0.1, 0.15) is 11.0 Å². The molecular weight excluding hydrogens is 166 g/mol. The van der Waals surface area contributed by atoms with Gasteiger partial charge in [-0.05, 0) is 46.4 Å². The average molecular weight is 175 g/mol. The lowest BCUT2D eigenvalue weighted by atomic mass is 10.1. The molecule has 1 aliphatic carbocycles. The predicted molar refractivity (Wildman–Crippen MR) is 47.2 cm³/mol. The summed E-state index contributed by atoms with van der Waals surface area (Å²) in [5.41, 5.74) is 10.1. The summed E-state index contributed by atoms with van der Waals surface area (Å²) in [6.45, 7) is 0. The van der Waals surface area contributed by atoms with E-state index in [4.69, 9.17) is 5.73 Å². The number of nitrogens with two attached hydrogens (primary N) is 1. The molecule has 0 unspecified atom stereocenters. The summed E-state index contributed by atoms with van der Waals surface area (Å²) in [7, 11) is 0. The third-order valence-corrected chi connectivity index (χ3v) is 2.54. The lowest BCUT2D eigenvalue weighted by Gasteiger charge is -1.94. The van der Waals surface area contributed by atoms with Crippen LogP contribution in [0.2, 0.25) is 0 Å². The van der Waals surface area contributed by atoms with Gasteiger partial charge >= 0.3 is 0 Å². The molecule has 0 aliphatic heterocycles. The molecule has 1 heterocycles. The molecule has 4 heteroatoms. The number of nitrogens with zero attached hydrogens (tertiary/aromatic N) is 2. The van der Waals surface area contributed by atoms with Crippen LogP contribution in [0.5, 0.6) is 0 Å². The van der Waals surface area contributed by atoms with E-state index in [0.717, 1.165) is 23.9 Å². The van der Waals surface area contributed by atoms with Gasteiger partial charge in [0.05, 0.1) is 0 Å². The summed E-state index contributed by atoms with van der Waals surface area (Å²) in [6, 6.07) is 4.31. The number of benzene rings is 1. The molecule has 4 nitrogen and oxygen atoms in total. The molecule has 0 saturated heterocycles. The first kappa shape index (κ1) is 7.03. The zero-order chi connectivity index (χ0) is 8.84. The van der Waals surface area contributed by atoms with E-state index in [9.17, 15) is 0 Å². The van der Waals surface area contributed by atoms with E-state index in [1.54, 1.807) is 0 Å². The van der Waals surface area contributed by atoms with E-state index in [-0.39, 0.29) is 6.04 Å². The van der Waals surface area contributed by atoms with Gasteiger partial charge in [0.15, 0.2) is 0 Å². The molecular formula is C9H9N3O. The predicted octanol–water partition coefficient (Wildman–Crippen LogP) is 0.649. The van der Waals surface area contributed by atoms with Crippen LogP contribution in [0.3, 0.4) is 0 Å². The monoisotopic (exact) mass is 175 g/mol. The Kier molecular flexibility index (Phi) is 1.24. The zero-order valence-electron chi connectivity index (χ0n) is 7.03. The van der Waals surface area contributed by atoms with Crippen molar-refractivity contribution in [2.75, 3.05) is 0 Å². The first-order valence-corrected chi connectivity index (χ1v) is 4.32. The van der Waals surface area contributed by atoms with Crippen LogP contribution in [-0.4, -0.2) is 16.4 Å². The van der Waals surface area contributed by atoms with Gasteiger partial charge in [-0.25, -0.2) is 4.63 Å². The number of hydrogen-bond donors (Lipinski definition) is 1. The van der Waals surface area contributed by atoms with E-state index in [0.29, 0.717) is 0 Å². The van der Waals surface area contributed by atoms with Crippen LogP contribution in [0.4, 0.5) is 0 Å². The molecule has 0 atom stereocenters. The molecule has 0 radical (unpaired) electrons. The number of hydrogen-bond acceptors (Lipinski definition) is 4. The van der Waals surface area contributed by atoms with E-state index < -0.39 is 0 Å². The maximum atomic E-state index is 5.85. The average Bonchev–Trinajstić information content (AvgIpc) is 2.63. The maximum Gasteiger partial charge on any atom is 0.135 e. The van der Waals surface area contributed by atoms with E-state index >= 15 is 0 Å². The Bertz CT molecular complexity index is 423. The fraction of sp³-hybridized carbons (Fsp3) is 0.333. The molecule has 0 amide bonds. The van der Waals surface area contributed by atoms with Gasteiger partial charge in [-0.2, -0.15) is 0 Å². The quantitative estimate of drug-likeness (QED) is 0.638. The summed E-state index contributed by atoms with van der Waals surface area (Å²) in [4.78, 5) is 0. The van der Waals surface area contributed by atoms with Crippen molar-refractivity contribution in [3.05, 3.63) is 23.3 Å². The molecule has 1 aromatic carbocycles. The van der Waals surface area contributed by atoms with Crippen molar-refractivity contribution in [3.8, 4) is 0 Å². The maximum absolute atomic E-state index is 5.85. The number of fused-ring (bicyclic) bond motifs is 2. The Hall–Kier alpha value is -1.42. The first-order chi connectivity index (χ1) is 6.33. The standard InChI is InChI=1S/C9H9N3O/c10-7-1-5-3-8-9(12-13-11-8)4-6(5)2-7/h3-4,7H,1-2,10H2. The first-order valence-electron chi connectivity index (χ1n) is 4.32. The van der Waals surface area contributed by atoms with Gasteiger partial charge in [0.2, 0.25) is 0 Å². The van der Waals surface area contributed by atoms with Crippen LogP contribution in [-0.2, 0) is 12.8 Å². The second-order valence-corrected chi connectivity index (χ2v) is 3.54. The highest BCUT2D eigenvalue weighted by molar-refractivity contribution is 5.75. The highest BCUT2D eigenvalue weighted by Gasteiger charge is 2.19. The third kappa shape index (κ3) is 0.954. The van der Waals surface area contributed by atoms with Gasteiger partial charge in [-0.15, -0.1) is 0 Å². The zero-order valence-corrected chi connectivity index (χ0v) is 7.03. The Morgan fingerprint density at radius 2 is 1.69 bits per heavy atom. The molecule has 0 fully saturated rings. The van der Waals surface area contributed by atoms with Crippen LogP contribution in [0.25, 0.3) is 11.0 Å². The highest BCUT2D eigenvalue weighted by atomic mass is 16.6. The van der Waals surface area contributed by atoms with Gasteiger partial charge in [0.25, 0.3) is 0 Å². The van der Waals surface area contributed by atoms with Crippen LogP contribution in [0.15, 0.2) is 16.8 Å². The summed E-state index contributed by atoms with van der Waals surface area (Å²) < 4.78 is 4.64. The molecule has 3 rings (SSSR count).